The minimum absolute atomic E-state index is 0.272. The van der Waals surface area contributed by atoms with Crippen molar-refractivity contribution in [2.45, 2.75) is 33.1 Å². The summed E-state index contributed by atoms with van der Waals surface area (Å²) in [5.74, 6) is 3.03. The number of guanidine groups is 1. The van der Waals surface area contributed by atoms with Crippen molar-refractivity contribution in [3.8, 4) is 0 Å². The lowest BCUT2D eigenvalue weighted by molar-refractivity contribution is -0.127. The molecule has 1 aromatic rings. The lowest BCUT2D eigenvalue weighted by atomic mass is 9.92. The highest BCUT2D eigenvalue weighted by molar-refractivity contribution is 5.80. The van der Waals surface area contributed by atoms with Crippen molar-refractivity contribution >= 4 is 11.9 Å². The Kier molecular flexibility index (Phi) is 8.55. The molecule has 0 spiro atoms. The van der Waals surface area contributed by atoms with E-state index in [0.29, 0.717) is 12.3 Å². The van der Waals surface area contributed by atoms with Gasteiger partial charge < -0.3 is 20.4 Å². The average molecular weight is 414 g/mol. The third-order valence-corrected chi connectivity index (χ3v) is 6.25. The van der Waals surface area contributed by atoms with Gasteiger partial charge in [0.15, 0.2) is 5.96 Å². The Morgan fingerprint density at radius 3 is 2.50 bits per heavy atom. The molecule has 3 atom stereocenters. The van der Waals surface area contributed by atoms with Gasteiger partial charge in [-0.05, 0) is 30.2 Å². The summed E-state index contributed by atoms with van der Waals surface area (Å²) in [4.78, 5) is 21.3. The number of carbonyl (C=O) groups excluding carboxylic acids is 1. The Hall–Kier alpha value is -2.08. The van der Waals surface area contributed by atoms with Crippen LogP contribution < -0.4 is 10.6 Å². The van der Waals surface area contributed by atoms with Crippen molar-refractivity contribution in [3.05, 3.63) is 35.9 Å². The summed E-state index contributed by atoms with van der Waals surface area (Å²) in [5.41, 5.74) is 1.29. The molecular formula is C24H39N5O. The first kappa shape index (κ1) is 22.6. The van der Waals surface area contributed by atoms with E-state index in [0.717, 1.165) is 56.9 Å². The van der Waals surface area contributed by atoms with Gasteiger partial charge in [-0.15, -0.1) is 0 Å². The summed E-state index contributed by atoms with van der Waals surface area (Å²) >= 11 is 0. The molecule has 2 heterocycles. The highest BCUT2D eigenvalue weighted by Crippen LogP contribution is 2.20. The number of carbonyl (C=O) groups is 1. The molecule has 2 aliphatic heterocycles. The first-order chi connectivity index (χ1) is 14.5. The van der Waals surface area contributed by atoms with E-state index in [2.05, 4.69) is 58.6 Å². The third-order valence-electron chi connectivity index (χ3n) is 6.25. The van der Waals surface area contributed by atoms with E-state index in [1.807, 2.05) is 18.0 Å². The van der Waals surface area contributed by atoms with E-state index >= 15 is 0 Å². The normalized spacial score (nSPS) is 25.6. The number of piperidine rings is 1. The second-order valence-electron chi connectivity index (χ2n) is 9.23. The number of aliphatic imine (C=N–C) groups is 1. The molecule has 0 aliphatic carbocycles. The highest BCUT2D eigenvalue weighted by atomic mass is 16.2. The van der Waals surface area contributed by atoms with Crippen LogP contribution in [-0.4, -0.2) is 74.5 Å². The van der Waals surface area contributed by atoms with Crippen LogP contribution in [0.4, 0.5) is 0 Å². The molecule has 3 rings (SSSR count). The maximum absolute atomic E-state index is 12.4. The van der Waals surface area contributed by atoms with Crippen molar-refractivity contribution in [1.29, 1.82) is 0 Å². The van der Waals surface area contributed by atoms with Crippen LogP contribution >= 0.6 is 0 Å². The van der Waals surface area contributed by atoms with E-state index in [1.54, 1.807) is 0 Å². The number of hydrogen-bond donors (Lipinski definition) is 2. The Bertz CT molecular complexity index is 682. The third kappa shape index (κ3) is 7.01. The molecular weight excluding hydrogens is 374 g/mol. The van der Waals surface area contributed by atoms with Gasteiger partial charge in [0, 0.05) is 65.2 Å². The van der Waals surface area contributed by atoms with Crippen LogP contribution in [0.25, 0.3) is 0 Å². The van der Waals surface area contributed by atoms with Crippen LogP contribution in [0.2, 0.25) is 0 Å². The molecule has 2 N–H and O–H groups in total. The lowest BCUT2D eigenvalue weighted by Crippen LogP contribution is -2.46. The summed E-state index contributed by atoms with van der Waals surface area (Å²) in [7, 11) is 1.81. The van der Waals surface area contributed by atoms with E-state index in [-0.39, 0.29) is 5.91 Å². The highest BCUT2D eigenvalue weighted by Gasteiger charge is 2.29. The zero-order chi connectivity index (χ0) is 21.3. The minimum Gasteiger partial charge on any atom is -0.356 e. The number of likely N-dealkylation sites (tertiary alicyclic amines) is 2. The Morgan fingerprint density at radius 1 is 1.07 bits per heavy atom. The van der Waals surface area contributed by atoms with Crippen LogP contribution in [0.5, 0.6) is 0 Å². The SMILES string of the molecule is CN=C(NCCN1CC(C)CC(C)C1)NCC1CC(=O)N(CCc2ccccc2)C1. The number of rotatable bonds is 8. The van der Waals surface area contributed by atoms with Crippen LogP contribution in [0, 0.1) is 17.8 Å². The fraction of sp³-hybridized carbons (Fsp3) is 0.667. The summed E-state index contributed by atoms with van der Waals surface area (Å²) in [6.45, 7) is 11.5. The van der Waals surface area contributed by atoms with Gasteiger partial charge in [0.25, 0.3) is 0 Å². The first-order valence-electron chi connectivity index (χ1n) is 11.5. The maximum Gasteiger partial charge on any atom is 0.223 e. The number of amides is 1. The van der Waals surface area contributed by atoms with Crippen LogP contribution in [0.3, 0.4) is 0 Å². The summed E-state index contributed by atoms with van der Waals surface area (Å²) in [6.07, 6.45) is 2.89. The number of hydrogen-bond acceptors (Lipinski definition) is 3. The maximum atomic E-state index is 12.4. The van der Waals surface area contributed by atoms with Crippen molar-refractivity contribution in [2.75, 3.05) is 52.9 Å². The van der Waals surface area contributed by atoms with Crippen LogP contribution in [0.15, 0.2) is 35.3 Å². The van der Waals surface area contributed by atoms with Gasteiger partial charge >= 0.3 is 0 Å². The van der Waals surface area contributed by atoms with Gasteiger partial charge in [-0.2, -0.15) is 0 Å². The van der Waals surface area contributed by atoms with E-state index in [4.69, 9.17) is 0 Å². The van der Waals surface area contributed by atoms with Gasteiger partial charge in [-0.3, -0.25) is 9.79 Å². The molecule has 1 amide bonds. The van der Waals surface area contributed by atoms with Crippen molar-refractivity contribution < 1.29 is 4.79 Å². The standard InChI is InChI=1S/C24H39N5O/c1-19-13-20(2)17-28(16-19)12-10-26-24(25-3)27-15-22-14-23(30)29(18-22)11-9-21-7-5-4-6-8-21/h4-8,19-20,22H,9-18H2,1-3H3,(H2,25,26,27). The molecule has 6 nitrogen and oxygen atoms in total. The Labute approximate surface area is 182 Å². The number of benzene rings is 1. The molecule has 0 bridgehead atoms. The van der Waals surface area contributed by atoms with Gasteiger partial charge in [-0.1, -0.05) is 44.2 Å². The molecule has 6 heteroatoms. The fourth-order valence-corrected chi connectivity index (χ4v) is 4.88. The van der Waals surface area contributed by atoms with Crippen molar-refractivity contribution in [3.63, 3.8) is 0 Å². The monoisotopic (exact) mass is 413 g/mol. The zero-order valence-electron chi connectivity index (χ0n) is 18.9. The van der Waals surface area contributed by atoms with E-state index < -0.39 is 0 Å². The number of nitrogens with one attached hydrogen (secondary N) is 2. The second-order valence-corrected chi connectivity index (χ2v) is 9.23. The van der Waals surface area contributed by atoms with E-state index in [1.165, 1.54) is 25.1 Å². The Morgan fingerprint density at radius 2 is 1.80 bits per heavy atom. The predicted molar refractivity (Wildman–Crippen MR) is 124 cm³/mol. The molecule has 0 saturated carbocycles. The molecule has 2 aliphatic rings. The van der Waals surface area contributed by atoms with Gasteiger partial charge in [-0.25, -0.2) is 0 Å². The average Bonchev–Trinajstić information content (AvgIpc) is 3.08. The molecule has 2 saturated heterocycles. The topological polar surface area (TPSA) is 60.0 Å². The summed E-state index contributed by atoms with van der Waals surface area (Å²) in [5, 5.41) is 6.86. The molecule has 30 heavy (non-hydrogen) atoms. The van der Waals surface area contributed by atoms with Crippen LogP contribution in [-0.2, 0) is 11.2 Å². The van der Waals surface area contributed by atoms with Crippen LogP contribution in [0.1, 0.15) is 32.3 Å². The molecule has 2 fully saturated rings. The number of nitrogens with zero attached hydrogens (tertiary/aromatic N) is 3. The lowest BCUT2D eigenvalue weighted by Gasteiger charge is -2.35. The predicted octanol–water partition coefficient (Wildman–Crippen LogP) is 2.22. The molecule has 0 radical (unpaired) electrons. The largest absolute Gasteiger partial charge is 0.356 e. The second kappa shape index (κ2) is 11.3. The molecule has 0 aromatic heterocycles. The Balaban J connectivity index is 1.34. The molecule has 3 unspecified atom stereocenters. The van der Waals surface area contributed by atoms with E-state index in [9.17, 15) is 4.79 Å². The van der Waals surface area contributed by atoms with Gasteiger partial charge in [0.1, 0.15) is 0 Å². The molecule has 1 aromatic carbocycles. The minimum atomic E-state index is 0.272. The van der Waals surface area contributed by atoms with Gasteiger partial charge in [0.05, 0.1) is 0 Å². The smallest absolute Gasteiger partial charge is 0.223 e. The summed E-state index contributed by atoms with van der Waals surface area (Å²) in [6, 6.07) is 10.4. The van der Waals surface area contributed by atoms with Crippen molar-refractivity contribution in [1.82, 2.24) is 20.4 Å². The van der Waals surface area contributed by atoms with Gasteiger partial charge in [0.2, 0.25) is 5.91 Å². The first-order valence-corrected chi connectivity index (χ1v) is 11.5. The van der Waals surface area contributed by atoms with Crippen molar-refractivity contribution in [2.24, 2.45) is 22.7 Å². The molecule has 166 valence electrons. The summed E-state index contributed by atoms with van der Waals surface area (Å²) < 4.78 is 0. The fourth-order valence-electron chi connectivity index (χ4n) is 4.88. The zero-order valence-corrected chi connectivity index (χ0v) is 18.9. The quantitative estimate of drug-likeness (QED) is 0.507.